The third-order valence-corrected chi connectivity index (χ3v) is 3.21. The maximum atomic E-state index is 12.1. The third kappa shape index (κ3) is 2.86. The van der Waals surface area contributed by atoms with Crippen LogP contribution in [0.5, 0.6) is 5.75 Å². The lowest BCUT2D eigenvalue weighted by molar-refractivity contribution is -0.0719. The molecule has 1 unspecified atom stereocenters. The minimum absolute atomic E-state index is 0.0702. The summed E-state index contributed by atoms with van der Waals surface area (Å²) in [6.45, 7) is 1.33. The average molecular weight is 301 g/mol. The minimum atomic E-state index is -0.506. The fourth-order valence-electron chi connectivity index (χ4n) is 1.64. The van der Waals surface area contributed by atoms with Crippen molar-refractivity contribution in [1.82, 2.24) is 0 Å². The second-order valence-corrected chi connectivity index (χ2v) is 4.50. The molecule has 1 aliphatic rings. The summed E-state index contributed by atoms with van der Waals surface area (Å²) in [5.41, 5.74) is 0.585. The molecule has 0 aliphatic carbocycles. The van der Waals surface area contributed by atoms with E-state index >= 15 is 0 Å². The second-order valence-electron chi connectivity index (χ2n) is 3.64. The van der Waals surface area contributed by atoms with Gasteiger partial charge in [-0.25, -0.2) is 0 Å². The lowest BCUT2D eigenvalue weighted by atomic mass is 10.1. The van der Waals surface area contributed by atoms with Crippen LogP contribution < -0.4 is 4.74 Å². The van der Waals surface area contributed by atoms with Gasteiger partial charge in [0.05, 0.1) is 26.9 Å². The van der Waals surface area contributed by atoms with Crippen molar-refractivity contribution in [2.24, 2.45) is 0 Å². The average Bonchev–Trinajstić information content (AvgIpc) is 2.39. The van der Waals surface area contributed by atoms with Crippen LogP contribution in [0.4, 0.5) is 0 Å². The zero-order valence-electron chi connectivity index (χ0n) is 9.44. The summed E-state index contributed by atoms with van der Waals surface area (Å²) >= 11 is 3.36. The summed E-state index contributed by atoms with van der Waals surface area (Å²) in [5, 5.41) is 0. The van der Waals surface area contributed by atoms with Crippen LogP contribution in [-0.2, 0) is 9.47 Å². The number of hydrogen-bond acceptors (Lipinski definition) is 4. The van der Waals surface area contributed by atoms with Crippen LogP contribution in [0.3, 0.4) is 0 Å². The molecule has 1 aromatic rings. The van der Waals surface area contributed by atoms with E-state index in [1.165, 1.54) is 0 Å². The van der Waals surface area contributed by atoms with E-state index < -0.39 is 6.10 Å². The molecule has 5 heteroatoms. The molecule has 4 nitrogen and oxygen atoms in total. The molecular formula is C12H13BrO4. The Kier molecular flexibility index (Phi) is 4.15. The van der Waals surface area contributed by atoms with Crippen LogP contribution >= 0.6 is 15.9 Å². The van der Waals surface area contributed by atoms with E-state index in [-0.39, 0.29) is 5.78 Å². The Balaban J connectivity index is 2.18. The Morgan fingerprint density at radius 1 is 1.47 bits per heavy atom. The Hall–Kier alpha value is -0.910. The van der Waals surface area contributed by atoms with E-state index in [4.69, 9.17) is 14.2 Å². The van der Waals surface area contributed by atoms with E-state index in [1.54, 1.807) is 25.3 Å². The van der Waals surface area contributed by atoms with E-state index in [0.717, 1.165) is 0 Å². The molecule has 0 radical (unpaired) electrons. The van der Waals surface area contributed by atoms with Crippen LogP contribution in [0, 0.1) is 0 Å². The second kappa shape index (κ2) is 5.62. The summed E-state index contributed by atoms with van der Waals surface area (Å²) in [6, 6.07) is 5.24. The Morgan fingerprint density at radius 2 is 2.29 bits per heavy atom. The predicted octanol–water partition coefficient (Wildman–Crippen LogP) is 2.06. The van der Waals surface area contributed by atoms with E-state index in [0.29, 0.717) is 35.6 Å². The topological polar surface area (TPSA) is 44.8 Å². The molecule has 1 saturated heterocycles. The number of carbonyl (C=O) groups is 1. The predicted molar refractivity (Wildman–Crippen MR) is 65.6 cm³/mol. The van der Waals surface area contributed by atoms with E-state index in [1.807, 2.05) is 0 Å². The van der Waals surface area contributed by atoms with Crippen LogP contribution in [0.25, 0.3) is 0 Å². The van der Waals surface area contributed by atoms with Crippen molar-refractivity contribution < 1.29 is 19.0 Å². The van der Waals surface area contributed by atoms with Crippen LogP contribution in [0.2, 0.25) is 0 Å². The molecule has 0 bridgehead atoms. The molecule has 1 aliphatic heterocycles. The highest BCUT2D eigenvalue weighted by Gasteiger charge is 2.25. The largest absolute Gasteiger partial charge is 0.497 e. The lowest BCUT2D eigenvalue weighted by Gasteiger charge is -2.22. The number of hydrogen-bond donors (Lipinski definition) is 0. The van der Waals surface area contributed by atoms with Gasteiger partial charge < -0.3 is 14.2 Å². The van der Waals surface area contributed by atoms with Crippen LogP contribution in [0.15, 0.2) is 22.7 Å². The number of ether oxygens (including phenoxy) is 3. The van der Waals surface area contributed by atoms with E-state index in [2.05, 4.69) is 15.9 Å². The molecular weight excluding hydrogens is 288 g/mol. The number of benzene rings is 1. The van der Waals surface area contributed by atoms with Gasteiger partial charge in [-0.3, -0.25) is 4.79 Å². The lowest BCUT2D eigenvalue weighted by Crippen LogP contribution is -2.35. The summed E-state index contributed by atoms with van der Waals surface area (Å²) in [7, 11) is 1.58. The molecule has 0 amide bonds. The molecule has 0 N–H and O–H groups in total. The molecule has 0 saturated carbocycles. The first-order valence-corrected chi connectivity index (χ1v) is 6.09. The maximum absolute atomic E-state index is 12.1. The van der Waals surface area contributed by atoms with Gasteiger partial charge in [0.1, 0.15) is 11.9 Å². The van der Waals surface area contributed by atoms with Crippen molar-refractivity contribution in [3.05, 3.63) is 28.2 Å². The molecule has 2 rings (SSSR count). The normalized spacial score (nSPS) is 20.0. The standard InChI is InChI=1S/C12H13BrO4/c1-15-8-2-3-9(10(13)6-8)12(14)11-7-16-4-5-17-11/h2-3,6,11H,4-5,7H2,1H3. The fraction of sp³-hybridized carbons (Fsp3) is 0.417. The fourth-order valence-corrected chi connectivity index (χ4v) is 2.19. The Bertz CT molecular complexity index is 413. The highest BCUT2D eigenvalue weighted by molar-refractivity contribution is 9.10. The van der Waals surface area contributed by atoms with Gasteiger partial charge >= 0.3 is 0 Å². The summed E-state index contributed by atoms with van der Waals surface area (Å²) in [4.78, 5) is 12.1. The Labute approximate surface area is 108 Å². The molecule has 1 heterocycles. The van der Waals surface area contributed by atoms with Crippen LogP contribution in [0.1, 0.15) is 10.4 Å². The van der Waals surface area contributed by atoms with Gasteiger partial charge in [-0.15, -0.1) is 0 Å². The summed E-state index contributed by atoms with van der Waals surface area (Å²) in [5.74, 6) is 0.633. The molecule has 1 atom stereocenters. The van der Waals surface area contributed by atoms with Gasteiger partial charge in [-0.05, 0) is 34.1 Å². The number of Topliss-reactive ketones (excluding diaryl/α,β-unsaturated/α-hetero) is 1. The number of carbonyl (C=O) groups excluding carboxylic acids is 1. The van der Waals surface area contributed by atoms with Gasteiger partial charge in [0.15, 0.2) is 5.78 Å². The number of methoxy groups -OCH3 is 1. The zero-order valence-corrected chi connectivity index (χ0v) is 11.0. The van der Waals surface area contributed by atoms with Crippen molar-refractivity contribution in [3.63, 3.8) is 0 Å². The number of rotatable bonds is 3. The van der Waals surface area contributed by atoms with Crippen LogP contribution in [-0.4, -0.2) is 38.8 Å². The van der Waals surface area contributed by atoms with Crippen molar-refractivity contribution in [2.45, 2.75) is 6.10 Å². The monoisotopic (exact) mass is 300 g/mol. The van der Waals surface area contributed by atoms with Crippen molar-refractivity contribution in [1.29, 1.82) is 0 Å². The van der Waals surface area contributed by atoms with Gasteiger partial charge in [-0.2, -0.15) is 0 Å². The van der Waals surface area contributed by atoms with Gasteiger partial charge in [0.2, 0.25) is 0 Å². The summed E-state index contributed by atoms with van der Waals surface area (Å²) < 4.78 is 16.4. The smallest absolute Gasteiger partial charge is 0.195 e. The number of halogens is 1. The quantitative estimate of drug-likeness (QED) is 0.802. The first-order valence-electron chi connectivity index (χ1n) is 5.29. The SMILES string of the molecule is COc1ccc(C(=O)C2COCCO2)c(Br)c1. The summed E-state index contributed by atoms with van der Waals surface area (Å²) in [6.07, 6.45) is -0.506. The molecule has 17 heavy (non-hydrogen) atoms. The van der Waals surface area contributed by atoms with Crippen molar-refractivity contribution in [2.75, 3.05) is 26.9 Å². The van der Waals surface area contributed by atoms with Gasteiger partial charge in [0, 0.05) is 10.0 Å². The van der Waals surface area contributed by atoms with Crippen molar-refractivity contribution >= 4 is 21.7 Å². The Morgan fingerprint density at radius 3 is 2.88 bits per heavy atom. The molecule has 0 aromatic heterocycles. The zero-order chi connectivity index (χ0) is 12.3. The molecule has 1 fully saturated rings. The molecule has 92 valence electrons. The highest BCUT2D eigenvalue weighted by Crippen LogP contribution is 2.25. The first kappa shape index (κ1) is 12.5. The molecule has 1 aromatic carbocycles. The van der Waals surface area contributed by atoms with E-state index in [9.17, 15) is 4.79 Å². The van der Waals surface area contributed by atoms with Gasteiger partial charge in [0.25, 0.3) is 0 Å². The van der Waals surface area contributed by atoms with Crippen molar-refractivity contribution in [3.8, 4) is 5.75 Å². The maximum Gasteiger partial charge on any atom is 0.195 e. The number of ketones is 1. The highest BCUT2D eigenvalue weighted by atomic mass is 79.9. The first-order chi connectivity index (χ1) is 8.22. The third-order valence-electron chi connectivity index (χ3n) is 2.55. The molecule has 0 spiro atoms. The minimum Gasteiger partial charge on any atom is -0.497 e. The van der Waals surface area contributed by atoms with Gasteiger partial charge in [-0.1, -0.05) is 0 Å².